The molecule has 22 heavy (non-hydrogen) atoms. The van der Waals surface area contributed by atoms with Gasteiger partial charge in [0.25, 0.3) is 0 Å². The maximum atomic E-state index is 12.0. The smallest absolute Gasteiger partial charge is 0.225 e. The number of sulfone groups is 1. The molecule has 8 heteroatoms. The third-order valence-electron chi connectivity index (χ3n) is 4.15. The number of ether oxygens (including phenoxy) is 1. The van der Waals surface area contributed by atoms with Crippen molar-refractivity contribution in [3.05, 3.63) is 11.9 Å². The van der Waals surface area contributed by atoms with Crippen molar-refractivity contribution in [2.75, 3.05) is 50.5 Å². The van der Waals surface area contributed by atoms with Crippen molar-refractivity contribution in [1.29, 1.82) is 0 Å². The van der Waals surface area contributed by atoms with Gasteiger partial charge >= 0.3 is 0 Å². The number of nitrogens with one attached hydrogen (secondary N) is 1. The second-order valence-corrected chi connectivity index (χ2v) is 7.82. The Hall–Kier alpha value is -1.25. The maximum absolute atomic E-state index is 12.0. The molecule has 3 heterocycles. The molecule has 0 radical (unpaired) electrons. The molecule has 1 atom stereocenters. The van der Waals surface area contributed by atoms with E-state index >= 15 is 0 Å². The SMILES string of the molecule is CS(=O)(=O)c1cnc(N2CCOCC2)nc1C1CCCNC1. The van der Waals surface area contributed by atoms with Crippen LogP contribution >= 0.6 is 0 Å². The van der Waals surface area contributed by atoms with Crippen molar-refractivity contribution in [2.24, 2.45) is 0 Å². The Morgan fingerprint density at radius 3 is 2.77 bits per heavy atom. The number of aromatic nitrogens is 2. The highest BCUT2D eigenvalue weighted by Gasteiger charge is 2.26. The highest BCUT2D eigenvalue weighted by Crippen LogP contribution is 2.28. The minimum Gasteiger partial charge on any atom is -0.378 e. The molecule has 122 valence electrons. The second-order valence-electron chi connectivity index (χ2n) is 5.83. The fourth-order valence-electron chi connectivity index (χ4n) is 2.95. The van der Waals surface area contributed by atoms with Gasteiger partial charge in [-0.25, -0.2) is 18.4 Å². The number of rotatable bonds is 3. The number of anilines is 1. The van der Waals surface area contributed by atoms with E-state index in [-0.39, 0.29) is 10.8 Å². The summed E-state index contributed by atoms with van der Waals surface area (Å²) < 4.78 is 29.4. The van der Waals surface area contributed by atoms with Crippen LogP contribution in [-0.4, -0.2) is 64.0 Å². The number of hydrogen-bond acceptors (Lipinski definition) is 7. The molecular formula is C14H22N4O3S. The molecule has 2 fully saturated rings. The van der Waals surface area contributed by atoms with Crippen LogP contribution in [0, 0.1) is 0 Å². The molecule has 1 aromatic heterocycles. The largest absolute Gasteiger partial charge is 0.378 e. The molecule has 2 saturated heterocycles. The van der Waals surface area contributed by atoms with Crippen LogP contribution < -0.4 is 10.2 Å². The molecule has 1 unspecified atom stereocenters. The van der Waals surface area contributed by atoms with E-state index in [4.69, 9.17) is 4.74 Å². The number of nitrogens with zero attached hydrogens (tertiary/aromatic N) is 3. The van der Waals surface area contributed by atoms with Gasteiger partial charge in [-0.15, -0.1) is 0 Å². The van der Waals surface area contributed by atoms with Gasteiger partial charge in [0.1, 0.15) is 4.90 Å². The Balaban J connectivity index is 1.97. The Kier molecular flexibility index (Phi) is 4.60. The van der Waals surface area contributed by atoms with Crippen LogP contribution in [0.3, 0.4) is 0 Å². The number of morpholine rings is 1. The summed E-state index contributed by atoms with van der Waals surface area (Å²) in [7, 11) is -3.33. The Bertz CT molecular complexity index is 623. The normalized spacial score (nSPS) is 23.5. The first kappa shape index (κ1) is 15.6. The quantitative estimate of drug-likeness (QED) is 0.848. The standard InChI is InChI=1S/C14H22N4O3S/c1-22(19,20)12-10-16-14(18-5-7-21-8-6-18)17-13(12)11-3-2-4-15-9-11/h10-11,15H,2-9H2,1H3. The maximum Gasteiger partial charge on any atom is 0.225 e. The minimum atomic E-state index is -3.33. The second kappa shape index (κ2) is 6.47. The van der Waals surface area contributed by atoms with Gasteiger partial charge in [-0.3, -0.25) is 0 Å². The predicted molar refractivity (Wildman–Crippen MR) is 83.0 cm³/mol. The van der Waals surface area contributed by atoms with E-state index < -0.39 is 9.84 Å². The highest BCUT2D eigenvalue weighted by molar-refractivity contribution is 7.90. The van der Waals surface area contributed by atoms with E-state index in [1.54, 1.807) is 0 Å². The third kappa shape index (κ3) is 3.39. The zero-order chi connectivity index (χ0) is 15.6. The van der Waals surface area contributed by atoms with Gasteiger partial charge in [0.05, 0.1) is 25.1 Å². The molecule has 3 rings (SSSR count). The van der Waals surface area contributed by atoms with Crippen LogP contribution in [0.4, 0.5) is 5.95 Å². The van der Waals surface area contributed by atoms with E-state index in [0.717, 1.165) is 39.0 Å². The fourth-order valence-corrected chi connectivity index (χ4v) is 3.79. The van der Waals surface area contributed by atoms with Gasteiger partial charge in [0.15, 0.2) is 9.84 Å². The van der Waals surface area contributed by atoms with Gasteiger partial charge in [0.2, 0.25) is 5.95 Å². The molecule has 2 aliphatic rings. The van der Waals surface area contributed by atoms with Crippen molar-refractivity contribution in [2.45, 2.75) is 23.7 Å². The summed E-state index contributed by atoms with van der Waals surface area (Å²) in [6, 6.07) is 0. The molecule has 0 amide bonds. The number of hydrogen-bond donors (Lipinski definition) is 1. The zero-order valence-electron chi connectivity index (χ0n) is 12.8. The van der Waals surface area contributed by atoms with Crippen molar-refractivity contribution < 1.29 is 13.2 Å². The predicted octanol–water partition coefficient (Wildman–Crippen LogP) is 0.184. The van der Waals surface area contributed by atoms with Gasteiger partial charge in [-0.2, -0.15) is 0 Å². The first-order valence-electron chi connectivity index (χ1n) is 7.66. The molecule has 0 saturated carbocycles. The van der Waals surface area contributed by atoms with Crippen LogP contribution in [0.5, 0.6) is 0 Å². The van der Waals surface area contributed by atoms with Crippen LogP contribution in [0.1, 0.15) is 24.5 Å². The summed E-state index contributed by atoms with van der Waals surface area (Å²) in [5, 5.41) is 3.32. The topological polar surface area (TPSA) is 84.4 Å². The summed E-state index contributed by atoms with van der Waals surface area (Å²) in [5.41, 5.74) is 0.659. The van der Waals surface area contributed by atoms with E-state index in [0.29, 0.717) is 24.9 Å². The summed E-state index contributed by atoms with van der Waals surface area (Å²) >= 11 is 0. The summed E-state index contributed by atoms with van der Waals surface area (Å²) in [6.07, 6.45) is 4.68. The molecule has 1 N–H and O–H groups in total. The van der Waals surface area contributed by atoms with E-state index in [1.165, 1.54) is 12.5 Å². The van der Waals surface area contributed by atoms with Crippen molar-refractivity contribution in [3.8, 4) is 0 Å². The van der Waals surface area contributed by atoms with Gasteiger partial charge in [-0.05, 0) is 19.4 Å². The molecule has 0 aliphatic carbocycles. The van der Waals surface area contributed by atoms with Crippen LogP contribution in [0.25, 0.3) is 0 Å². The first-order chi connectivity index (χ1) is 10.6. The molecule has 0 spiro atoms. The molecule has 0 bridgehead atoms. The van der Waals surface area contributed by atoms with Gasteiger partial charge in [0, 0.05) is 31.8 Å². The Morgan fingerprint density at radius 2 is 2.14 bits per heavy atom. The van der Waals surface area contributed by atoms with Crippen molar-refractivity contribution in [3.63, 3.8) is 0 Å². The zero-order valence-corrected chi connectivity index (χ0v) is 13.6. The van der Waals surface area contributed by atoms with Crippen molar-refractivity contribution in [1.82, 2.24) is 15.3 Å². The highest BCUT2D eigenvalue weighted by atomic mass is 32.2. The van der Waals surface area contributed by atoms with E-state index in [9.17, 15) is 8.42 Å². The summed E-state index contributed by atoms with van der Waals surface area (Å²) in [6.45, 7) is 4.52. The summed E-state index contributed by atoms with van der Waals surface area (Å²) in [4.78, 5) is 11.2. The van der Waals surface area contributed by atoms with Crippen molar-refractivity contribution >= 4 is 15.8 Å². The molecule has 2 aliphatic heterocycles. The summed E-state index contributed by atoms with van der Waals surface area (Å²) in [5.74, 6) is 0.734. The molecule has 1 aromatic rings. The molecule has 0 aromatic carbocycles. The van der Waals surface area contributed by atoms with E-state index in [1.807, 2.05) is 0 Å². The van der Waals surface area contributed by atoms with Crippen LogP contribution in [0.15, 0.2) is 11.1 Å². The average Bonchev–Trinajstić information content (AvgIpc) is 2.55. The molecular weight excluding hydrogens is 304 g/mol. The average molecular weight is 326 g/mol. The lowest BCUT2D eigenvalue weighted by Gasteiger charge is -2.29. The number of piperidine rings is 1. The molecule has 7 nitrogen and oxygen atoms in total. The minimum absolute atomic E-state index is 0.126. The lowest BCUT2D eigenvalue weighted by atomic mass is 9.96. The first-order valence-corrected chi connectivity index (χ1v) is 9.55. The fraction of sp³-hybridized carbons (Fsp3) is 0.714. The van der Waals surface area contributed by atoms with E-state index in [2.05, 4.69) is 20.2 Å². The Labute approximate surface area is 131 Å². The Morgan fingerprint density at radius 1 is 1.36 bits per heavy atom. The monoisotopic (exact) mass is 326 g/mol. The lowest BCUT2D eigenvalue weighted by Crippen LogP contribution is -2.38. The van der Waals surface area contributed by atoms with Crippen LogP contribution in [-0.2, 0) is 14.6 Å². The van der Waals surface area contributed by atoms with Gasteiger partial charge in [-0.1, -0.05) is 0 Å². The lowest BCUT2D eigenvalue weighted by molar-refractivity contribution is 0.122. The third-order valence-corrected chi connectivity index (χ3v) is 5.26. The van der Waals surface area contributed by atoms with Gasteiger partial charge < -0.3 is 15.0 Å². The van der Waals surface area contributed by atoms with Crippen LogP contribution in [0.2, 0.25) is 0 Å².